The summed E-state index contributed by atoms with van der Waals surface area (Å²) in [4.78, 5) is 11.5. The van der Waals surface area contributed by atoms with Gasteiger partial charge in [-0.3, -0.25) is 4.79 Å². The highest BCUT2D eigenvalue weighted by atomic mass is 16.2. The predicted octanol–water partition coefficient (Wildman–Crippen LogP) is 2.60. The third-order valence-electron chi connectivity index (χ3n) is 3.77. The minimum atomic E-state index is -0.167. The second-order valence-corrected chi connectivity index (χ2v) is 4.95. The van der Waals surface area contributed by atoms with Gasteiger partial charge in [-0.15, -0.1) is 0 Å². The van der Waals surface area contributed by atoms with E-state index < -0.39 is 0 Å². The number of carbonyl (C=O) groups is 1. The smallest absolute Gasteiger partial charge is 0.164 e. The van der Waals surface area contributed by atoms with Crippen LogP contribution in [-0.2, 0) is 4.79 Å². The van der Waals surface area contributed by atoms with E-state index in [-0.39, 0.29) is 11.2 Å². The Kier molecular flexibility index (Phi) is 1.76. The van der Waals surface area contributed by atoms with E-state index >= 15 is 0 Å². The van der Waals surface area contributed by atoms with E-state index in [1.807, 2.05) is 6.92 Å². The number of allylic oxidation sites excluding steroid dienone is 1. The minimum absolute atomic E-state index is 0.0903. The molecular weight excluding hydrogens is 164 g/mol. The maximum absolute atomic E-state index is 11.5. The first-order chi connectivity index (χ1) is 6.10. The van der Waals surface area contributed by atoms with E-state index in [2.05, 4.69) is 0 Å². The SMILES string of the molecule is CC1(C(=O)C=CO)CC2(CCC2)C1. The molecule has 0 saturated heterocycles. The summed E-state index contributed by atoms with van der Waals surface area (Å²) in [6.45, 7) is 2.01. The summed E-state index contributed by atoms with van der Waals surface area (Å²) in [5, 5.41) is 8.52. The molecule has 2 rings (SSSR count). The standard InChI is InChI=1S/C11H16O2/c1-10(9(13)3-6-12)7-11(8-10)4-2-5-11/h3,6,12H,2,4-5,7-8H2,1H3. The van der Waals surface area contributed by atoms with E-state index in [0.29, 0.717) is 5.41 Å². The maximum Gasteiger partial charge on any atom is 0.164 e. The average Bonchev–Trinajstić information content (AvgIpc) is 1.95. The summed E-state index contributed by atoms with van der Waals surface area (Å²) < 4.78 is 0. The molecule has 0 atom stereocenters. The number of rotatable bonds is 2. The van der Waals surface area contributed by atoms with Gasteiger partial charge in [-0.1, -0.05) is 13.3 Å². The molecule has 0 heterocycles. The quantitative estimate of drug-likeness (QED) is 0.524. The molecular formula is C11H16O2. The molecule has 2 aliphatic rings. The predicted molar refractivity (Wildman–Crippen MR) is 50.4 cm³/mol. The minimum Gasteiger partial charge on any atom is -0.515 e. The van der Waals surface area contributed by atoms with E-state index in [0.717, 1.165) is 19.1 Å². The average molecular weight is 180 g/mol. The van der Waals surface area contributed by atoms with Gasteiger partial charge < -0.3 is 5.11 Å². The second kappa shape index (κ2) is 2.60. The van der Waals surface area contributed by atoms with Crippen molar-refractivity contribution in [2.24, 2.45) is 10.8 Å². The van der Waals surface area contributed by atoms with Gasteiger partial charge in [0.1, 0.15) is 0 Å². The fourth-order valence-electron chi connectivity index (χ4n) is 3.08. The van der Waals surface area contributed by atoms with Crippen molar-refractivity contribution in [2.45, 2.75) is 39.0 Å². The first-order valence-corrected chi connectivity index (χ1v) is 4.96. The Morgan fingerprint density at radius 2 is 2.00 bits per heavy atom. The number of carbonyl (C=O) groups excluding carboxylic acids is 1. The molecule has 2 fully saturated rings. The lowest BCUT2D eigenvalue weighted by Crippen LogP contribution is -2.52. The van der Waals surface area contributed by atoms with E-state index in [1.54, 1.807) is 0 Å². The molecule has 2 heteroatoms. The van der Waals surface area contributed by atoms with Crippen LogP contribution < -0.4 is 0 Å². The first-order valence-electron chi connectivity index (χ1n) is 4.96. The lowest BCUT2D eigenvalue weighted by atomic mass is 9.45. The summed E-state index contributed by atoms with van der Waals surface area (Å²) in [7, 11) is 0. The van der Waals surface area contributed by atoms with Crippen LogP contribution in [-0.4, -0.2) is 10.9 Å². The van der Waals surface area contributed by atoms with Gasteiger partial charge in [0.05, 0.1) is 6.26 Å². The van der Waals surface area contributed by atoms with Crippen molar-refractivity contribution in [1.82, 2.24) is 0 Å². The number of aliphatic hydroxyl groups excluding tert-OH is 1. The highest BCUT2D eigenvalue weighted by Crippen LogP contribution is 2.64. The van der Waals surface area contributed by atoms with Gasteiger partial charge in [0.15, 0.2) is 5.78 Å². The van der Waals surface area contributed by atoms with Gasteiger partial charge in [-0.05, 0) is 31.1 Å². The number of aliphatic hydroxyl groups is 1. The third kappa shape index (κ3) is 1.19. The van der Waals surface area contributed by atoms with Gasteiger partial charge in [-0.25, -0.2) is 0 Å². The molecule has 0 bridgehead atoms. The van der Waals surface area contributed by atoms with Crippen LogP contribution in [0.1, 0.15) is 39.0 Å². The molecule has 0 unspecified atom stereocenters. The summed E-state index contributed by atoms with van der Waals surface area (Å²) in [6, 6.07) is 0. The summed E-state index contributed by atoms with van der Waals surface area (Å²) >= 11 is 0. The second-order valence-electron chi connectivity index (χ2n) is 4.95. The third-order valence-corrected chi connectivity index (χ3v) is 3.77. The molecule has 0 radical (unpaired) electrons. The van der Waals surface area contributed by atoms with Gasteiger partial charge in [-0.2, -0.15) is 0 Å². The fourth-order valence-corrected chi connectivity index (χ4v) is 3.08. The van der Waals surface area contributed by atoms with E-state index in [9.17, 15) is 4.79 Å². The maximum atomic E-state index is 11.5. The van der Waals surface area contributed by atoms with Gasteiger partial charge >= 0.3 is 0 Å². The van der Waals surface area contributed by atoms with Crippen molar-refractivity contribution in [1.29, 1.82) is 0 Å². The Hall–Kier alpha value is -0.790. The van der Waals surface area contributed by atoms with E-state index in [4.69, 9.17) is 5.11 Å². The molecule has 13 heavy (non-hydrogen) atoms. The Labute approximate surface area is 78.6 Å². The van der Waals surface area contributed by atoms with Crippen LogP contribution >= 0.6 is 0 Å². The molecule has 2 aliphatic carbocycles. The number of ketones is 1. The molecule has 0 aromatic rings. The molecule has 1 N–H and O–H groups in total. The van der Waals surface area contributed by atoms with Gasteiger partial charge in [0.2, 0.25) is 0 Å². The molecule has 0 aromatic carbocycles. The summed E-state index contributed by atoms with van der Waals surface area (Å²) in [5.41, 5.74) is 0.355. The molecule has 0 aromatic heterocycles. The normalized spacial score (nSPS) is 28.4. The zero-order valence-corrected chi connectivity index (χ0v) is 8.05. The van der Waals surface area contributed by atoms with E-state index in [1.165, 1.54) is 25.3 Å². The van der Waals surface area contributed by atoms with Crippen molar-refractivity contribution in [3.63, 3.8) is 0 Å². The van der Waals surface area contributed by atoms with Crippen LogP contribution in [0.15, 0.2) is 12.3 Å². The van der Waals surface area contributed by atoms with Crippen LogP contribution in [0, 0.1) is 10.8 Å². The van der Waals surface area contributed by atoms with Gasteiger partial charge in [0.25, 0.3) is 0 Å². The lowest BCUT2D eigenvalue weighted by molar-refractivity contribution is -0.145. The highest BCUT2D eigenvalue weighted by molar-refractivity contribution is 5.95. The molecule has 2 saturated carbocycles. The Morgan fingerprint density at radius 3 is 2.38 bits per heavy atom. The lowest BCUT2D eigenvalue weighted by Gasteiger charge is -2.59. The summed E-state index contributed by atoms with van der Waals surface area (Å²) in [6.07, 6.45) is 8.16. The van der Waals surface area contributed by atoms with Crippen molar-refractivity contribution in [3.05, 3.63) is 12.3 Å². The zero-order valence-electron chi connectivity index (χ0n) is 8.05. The van der Waals surface area contributed by atoms with Crippen LogP contribution in [0.2, 0.25) is 0 Å². The van der Waals surface area contributed by atoms with Crippen LogP contribution in [0.25, 0.3) is 0 Å². The summed E-state index contributed by atoms with van der Waals surface area (Å²) in [5.74, 6) is 0.0903. The van der Waals surface area contributed by atoms with Crippen molar-refractivity contribution in [2.75, 3.05) is 0 Å². The number of hydrogen-bond acceptors (Lipinski definition) is 2. The highest BCUT2D eigenvalue weighted by Gasteiger charge is 2.57. The molecule has 1 spiro atoms. The van der Waals surface area contributed by atoms with Crippen molar-refractivity contribution >= 4 is 5.78 Å². The Balaban J connectivity index is 1.98. The van der Waals surface area contributed by atoms with Crippen LogP contribution in [0.4, 0.5) is 0 Å². The largest absolute Gasteiger partial charge is 0.515 e. The topological polar surface area (TPSA) is 37.3 Å². The molecule has 0 amide bonds. The zero-order chi connectivity index (χ0) is 9.53. The Bertz CT molecular complexity index is 253. The van der Waals surface area contributed by atoms with Crippen molar-refractivity contribution in [3.8, 4) is 0 Å². The van der Waals surface area contributed by atoms with Crippen LogP contribution in [0.5, 0.6) is 0 Å². The fraction of sp³-hybridized carbons (Fsp3) is 0.727. The molecule has 2 nitrogen and oxygen atoms in total. The molecule has 0 aliphatic heterocycles. The first kappa shape index (κ1) is 8.79. The molecule has 72 valence electrons. The number of hydrogen-bond donors (Lipinski definition) is 1. The monoisotopic (exact) mass is 180 g/mol. The van der Waals surface area contributed by atoms with Crippen LogP contribution in [0.3, 0.4) is 0 Å². The van der Waals surface area contributed by atoms with Crippen molar-refractivity contribution < 1.29 is 9.90 Å². The van der Waals surface area contributed by atoms with Gasteiger partial charge in [0, 0.05) is 11.5 Å². The Morgan fingerprint density at radius 1 is 1.38 bits per heavy atom.